The van der Waals surface area contributed by atoms with E-state index < -0.39 is 10.0 Å². The molecule has 1 aliphatic rings. The molecule has 1 aliphatic heterocycles. The Bertz CT molecular complexity index is 491. The van der Waals surface area contributed by atoms with Gasteiger partial charge < -0.3 is 5.32 Å². The molecule has 0 bridgehead atoms. The van der Waals surface area contributed by atoms with Crippen molar-refractivity contribution in [2.45, 2.75) is 43.5 Å². The minimum atomic E-state index is -3.35. The topological polar surface area (TPSA) is 58.2 Å². The van der Waals surface area contributed by atoms with Gasteiger partial charge in [-0.25, -0.2) is 13.1 Å². The minimum Gasteiger partial charge on any atom is -0.314 e. The fourth-order valence-corrected chi connectivity index (χ4v) is 3.41. The van der Waals surface area contributed by atoms with Gasteiger partial charge in [-0.3, -0.25) is 0 Å². The van der Waals surface area contributed by atoms with Gasteiger partial charge in [0.15, 0.2) is 0 Å². The summed E-state index contributed by atoms with van der Waals surface area (Å²) in [7, 11) is -3.35. The zero-order valence-corrected chi connectivity index (χ0v) is 12.2. The van der Waals surface area contributed by atoms with E-state index in [-0.39, 0.29) is 0 Å². The van der Waals surface area contributed by atoms with Crippen LogP contribution in [0.4, 0.5) is 0 Å². The van der Waals surface area contributed by atoms with Crippen LogP contribution in [0.2, 0.25) is 0 Å². The number of aryl methyl sites for hydroxylation is 1. The molecule has 1 heterocycles. The van der Waals surface area contributed by atoms with Gasteiger partial charge in [-0.1, -0.05) is 19.1 Å². The number of hydrogen-bond acceptors (Lipinski definition) is 3. The lowest BCUT2D eigenvalue weighted by Crippen LogP contribution is -2.30. The van der Waals surface area contributed by atoms with Crippen LogP contribution in [-0.2, 0) is 16.4 Å². The van der Waals surface area contributed by atoms with E-state index in [0.29, 0.717) is 17.5 Å². The molecule has 2 N–H and O–H groups in total. The lowest BCUT2D eigenvalue weighted by atomic mass is 10.2. The molecule has 2 rings (SSSR count). The van der Waals surface area contributed by atoms with Crippen molar-refractivity contribution in [2.24, 2.45) is 0 Å². The predicted octanol–water partition coefficient (Wildman–Crippen LogP) is 1.67. The van der Waals surface area contributed by atoms with Crippen LogP contribution < -0.4 is 10.0 Å². The van der Waals surface area contributed by atoms with Crippen molar-refractivity contribution in [3.63, 3.8) is 0 Å². The SMILES string of the molecule is CCc1ccc(S(=O)(=O)NCC[C@@H]2CCCN2)cc1. The van der Waals surface area contributed by atoms with Crippen molar-refractivity contribution in [3.8, 4) is 0 Å². The van der Waals surface area contributed by atoms with Crippen molar-refractivity contribution in [1.82, 2.24) is 10.0 Å². The van der Waals surface area contributed by atoms with Gasteiger partial charge in [-0.2, -0.15) is 0 Å². The highest BCUT2D eigenvalue weighted by atomic mass is 32.2. The Kier molecular flexibility index (Phi) is 4.96. The summed E-state index contributed by atoms with van der Waals surface area (Å²) in [5.41, 5.74) is 1.15. The van der Waals surface area contributed by atoms with Crippen LogP contribution in [0.3, 0.4) is 0 Å². The van der Waals surface area contributed by atoms with Crippen LogP contribution in [0, 0.1) is 0 Å². The van der Waals surface area contributed by atoms with E-state index >= 15 is 0 Å². The zero-order valence-electron chi connectivity index (χ0n) is 11.4. The molecule has 1 aromatic rings. The molecule has 0 aliphatic carbocycles. The Morgan fingerprint density at radius 3 is 2.63 bits per heavy atom. The largest absolute Gasteiger partial charge is 0.314 e. The van der Waals surface area contributed by atoms with E-state index in [1.54, 1.807) is 12.1 Å². The first-order valence-corrected chi connectivity index (χ1v) is 8.42. The number of rotatable bonds is 6. The van der Waals surface area contributed by atoms with Gasteiger partial charge in [-0.15, -0.1) is 0 Å². The molecule has 0 radical (unpaired) electrons. The molecule has 0 spiro atoms. The van der Waals surface area contributed by atoms with E-state index in [0.717, 1.165) is 31.4 Å². The monoisotopic (exact) mass is 282 g/mol. The van der Waals surface area contributed by atoms with Gasteiger partial charge >= 0.3 is 0 Å². The Morgan fingerprint density at radius 1 is 1.32 bits per heavy atom. The second kappa shape index (κ2) is 6.50. The highest BCUT2D eigenvalue weighted by Gasteiger charge is 2.16. The molecular weight excluding hydrogens is 260 g/mol. The van der Waals surface area contributed by atoms with Crippen LogP contribution in [0.25, 0.3) is 0 Å². The number of hydrogen-bond donors (Lipinski definition) is 2. The summed E-state index contributed by atoms with van der Waals surface area (Å²) in [5, 5.41) is 3.36. The van der Waals surface area contributed by atoms with E-state index in [4.69, 9.17) is 0 Å². The molecular formula is C14H22N2O2S. The van der Waals surface area contributed by atoms with E-state index in [1.165, 1.54) is 6.42 Å². The first-order valence-electron chi connectivity index (χ1n) is 6.94. The van der Waals surface area contributed by atoms with E-state index in [1.807, 2.05) is 12.1 Å². The average Bonchev–Trinajstić information content (AvgIpc) is 2.92. The molecule has 4 nitrogen and oxygen atoms in total. The smallest absolute Gasteiger partial charge is 0.240 e. The second-order valence-electron chi connectivity index (χ2n) is 4.98. The standard InChI is InChI=1S/C14H22N2O2S/c1-2-12-5-7-14(8-6-12)19(17,18)16-11-9-13-4-3-10-15-13/h5-8,13,15-16H,2-4,9-11H2,1H3/t13-/m0/s1. The molecule has 1 fully saturated rings. The second-order valence-corrected chi connectivity index (χ2v) is 6.74. The Hall–Kier alpha value is -0.910. The third kappa shape index (κ3) is 4.03. The van der Waals surface area contributed by atoms with Crippen molar-refractivity contribution in [1.29, 1.82) is 0 Å². The van der Waals surface area contributed by atoms with Gasteiger partial charge in [0.05, 0.1) is 4.90 Å². The van der Waals surface area contributed by atoms with Gasteiger partial charge in [0.2, 0.25) is 10.0 Å². The molecule has 1 atom stereocenters. The summed E-state index contributed by atoms with van der Waals surface area (Å²) in [6.45, 7) is 3.60. The quantitative estimate of drug-likeness (QED) is 0.834. The van der Waals surface area contributed by atoms with Crippen LogP contribution in [0.15, 0.2) is 29.2 Å². The summed E-state index contributed by atoms with van der Waals surface area (Å²) in [6, 6.07) is 7.55. The summed E-state index contributed by atoms with van der Waals surface area (Å²) in [4.78, 5) is 0.351. The third-order valence-electron chi connectivity index (χ3n) is 3.59. The first-order chi connectivity index (χ1) is 9.12. The van der Waals surface area contributed by atoms with Crippen molar-refractivity contribution >= 4 is 10.0 Å². The number of nitrogens with one attached hydrogen (secondary N) is 2. The summed E-state index contributed by atoms with van der Waals surface area (Å²) in [5.74, 6) is 0. The van der Waals surface area contributed by atoms with Crippen LogP contribution in [-0.4, -0.2) is 27.5 Å². The minimum absolute atomic E-state index is 0.351. The van der Waals surface area contributed by atoms with Crippen molar-refractivity contribution in [2.75, 3.05) is 13.1 Å². The maximum absolute atomic E-state index is 12.1. The molecule has 0 unspecified atom stereocenters. The lowest BCUT2D eigenvalue weighted by molar-refractivity contribution is 0.539. The molecule has 106 valence electrons. The van der Waals surface area contributed by atoms with Crippen molar-refractivity contribution in [3.05, 3.63) is 29.8 Å². The maximum Gasteiger partial charge on any atom is 0.240 e. The van der Waals surface area contributed by atoms with Gasteiger partial charge in [0.1, 0.15) is 0 Å². The summed E-state index contributed by atoms with van der Waals surface area (Å²) < 4.78 is 26.8. The first kappa shape index (κ1) is 14.5. The Balaban J connectivity index is 1.89. The number of benzene rings is 1. The van der Waals surface area contributed by atoms with E-state index in [9.17, 15) is 8.42 Å². The number of sulfonamides is 1. The van der Waals surface area contributed by atoms with Crippen LogP contribution >= 0.6 is 0 Å². The maximum atomic E-state index is 12.1. The zero-order chi connectivity index (χ0) is 13.7. The molecule has 5 heteroatoms. The Morgan fingerprint density at radius 2 is 2.05 bits per heavy atom. The summed E-state index contributed by atoms with van der Waals surface area (Å²) in [6.07, 6.45) is 4.11. The normalized spacial score (nSPS) is 19.7. The molecule has 0 saturated carbocycles. The molecule has 0 amide bonds. The van der Waals surface area contributed by atoms with Crippen LogP contribution in [0.5, 0.6) is 0 Å². The predicted molar refractivity (Wildman–Crippen MR) is 76.7 cm³/mol. The lowest BCUT2D eigenvalue weighted by Gasteiger charge is -2.11. The highest BCUT2D eigenvalue weighted by Crippen LogP contribution is 2.12. The Labute approximate surface area is 115 Å². The van der Waals surface area contributed by atoms with E-state index in [2.05, 4.69) is 17.0 Å². The fourth-order valence-electron chi connectivity index (χ4n) is 2.36. The van der Waals surface area contributed by atoms with Crippen molar-refractivity contribution < 1.29 is 8.42 Å². The van der Waals surface area contributed by atoms with Gasteiger partial charge in [-0.05, 0) is 49.9 Å². The molecule has 1 aromatic carbocycles. The fraction of sp³-hybridized carbons (Fsp3) is 0.571. The molecule has 19 heavy (non-hydrogen) atoms. The van der Waals surface area contributed by atoms with Gasteiger partial charge in [0, 0.05) is 12.6 Å². The summed E-state index contributed by atoms with van der Waals surface area (Å²) >= 11 is 0. The molecule has 1 saturated heterocycles. The van der Waals surface area contributed by atoms with Gasteiger partial charge in [0.25, 0.3) is 0 Å². The molecule has 0 aromatic heterocycles. The third-order valence-corrected chi connectivity index (χ3v) is 5.07. The average molecular weight is 282 g/mol. The van der Waals surface area contributed by atoms with Crippen LogP contribution in [0.1, 0.15) is 31.7 Å². The highest BCUT2D eigenvalue weighted by molar-refractivity contribution is 7.89.